The van der Waals surface area contributed by atoms with E-state index in [1.54, 1.807) is 17.8 Å². The van der Waals surface area contributed by atoms with Gasteiger partial charge in [-0.1, -0.05) is 18.2 Å². The number of hydrogen-bond donors (Lipinski definition) is 1. The third-order valence-electron chi connectivity index (χ3n) is 3.94. The molecule has 0 atom stereocenters. The third-order valence-corrected chi connectivity index (χ3v) is 4.94. The lowest BCUT2D eigenvalue weighted by molar-refractivity contribution is 0.859. The van der Waals surface area contributed by atoms with Crippen molar-refractivity contribution in [2.45, 2.75) is 30.3 Å². The summed E-state index contributed by atoms with van der Waals surface area (Å²) in [5, 5.41) is 4.59. The van der Waals surface area contributed by atoms with Crippen molar-refractivity contribution in [2.75, 3.05) is 0 Å². The number of H-pyrrole nitrogens is 1. The zero-order valence-corrected chi connectivity index (χ0v) is 14.0. The Bertz CT molecular complexity index is 883. The maximum absolute atomic E-state index is 11.7. The fourth-order valence-electron chi connectivity index (χ4n) is 2.58. The Balaban J connectivity index is 1.38. The first-order valence-electron chi connectivity index (χ1n) is 8.06. The molecule has 5 nitrogen and oxygen atoms in total. The van der Waals surface area contributed by atoms with Crippen molar-refractivity contribution in [3.05, 3.63) is 76.2 Å². The van der Waals surface area contributed by atoms with Crippen LogP contribution < -0.4 is 5.56 Å². The van der Waals surface area contributed by atoms with E-state index in [2.05, 4.69) is 15.1 Å². The summed E-state index contributed by atoms with van der Waals surface area (Å²) in [7, 11) is 0. The summed E-state index contributed by atoms with van der Waals surface area (Å²) in [6, 6.07) is 13.7. The minimum Gasteiger partial charge on any atom is -0.310 e. The van der Waals surface area contributed by atoms with Crippen LogP contribution in [0.5, 0.6) is 0 Å². The Hall–Kier alpha value is -2.34. The second-order valence-electron chi connectivity index (χ2n) is 5.98. The zero-order chi connectivity index (χ0) is 16.4. The molecule has 1 aromatic carbocycles. The highest BCUT2D eigenvalue weighted by Gasteiger charge is 2.26. The summed E-state index contributed by atoms with van der Waals surface area (Å²) >= 11 is 1.73. The van der Waals surface area contributed by atoms with E-state index in [1.165, 1.54) is 0 Å². The molecule has 6 heteroatoms. The molecular weight excluding hydrogens is 320 g/mol. The Morgan fingerprint density at radius 2 is 1.92 bits per heavy atom. The van der Waals surface area contributed by atoms with Crippen LogP contribution in [0.2, 0.25) is 0 Å². The highest BCUT2D eigenvalue weighted by molar-refractivity contribution is 7.97. The van der Waals surface area contributed by atoms with Crippen molar-refractivity contribution in [2.24, 2.45) is 0 Å². The van der Waals surface area contributed by atoms with Gasteiger partial charge in [-0.25, -0.2) is 9.67 Å². The monoisotopic (exact) mass is 338 g/mol. The molecule has 3 aromatic rings. The van der Waals surface area contributed by atoms with Gasteiger partial charge >= 0.3 is 0 Å². The van der Waals surface area contributed by atoms with Gasteiger partial charge in [-0.3, -0.25) is 4.79 Å². The highest BCUT2D eigenvalue weighted by Crippen LogP contribution is 2.37. The first-order valence-corrected chi connectivity index (χ1v) is 9.21. The van der Waals surface area contributed by atoms with Crippen LogP contribution in [-0.2, 0) is 11.5 Å². The molecule has 0 unspecified atom stereocenters. The molecule has 24 heavy (non-hydrogen) atoms. The molecule has 1 aliphatic carbocycles. The summed E-state index contributed by atoms with van der Waals surface area (Å²) < 4.78 is 1.88. The third kappa shape index (κ3) is 3.59. The minimum absolute atomic E-state index is 0.0455. The van der Waals surface area contributed by atoms with Crippen molar-refractivity contribution in [3.8, 4) is 5.69 Å². The molecule has 0 saturated heterocycles. The molecular formula is C18H18N4OS. The number of para-hydroxylation sites is 1. The minimum atomic E-state index is -0.0455. The fraction of sp³-hybridized carbons (Fsp3) is 0.278. The van der Waals surface area contributed by atoms with E-state index >= 15 is 0 Å². The molecule has 0 spiro atoms. The first-order chi connectivity index (χ1) is 11.8. The standard InChI is InChI=1S/C18H18N4OS/c23-17-10-15(19-18(20-17)13-6-7-13)12-24-11-14-8-9-22(21-14)16-4-2-1-3-5-16/h1-5,8-10,13H,6-7,11-12H2,(H,19,20,23). The van der Waals surface area contributed by atoms with Crippen LogP contribution in [0, 0.1) is 0 Å². The molecule has 0 amide bonds. The van der Waals surface area contributed by atoms with Crippen LogP contribution in [0.4, 0.5) is 0 Å². The van der Waals surface area contributed by atoms with E-state index in [4.69, 9.17) is 0 Å². The van der Waals surface area contributed by atoms with E-state index in [-0.39, 0.29) is 5.56 Å². The quantitative estimate of drug-likeness (QED) is 0.749. The van der Waals surface area contributed by atoms with Crippen molar-refractivity contribution < 1.29 is 0 Å². The number of aromatic nitrogens is 4. The van der Waals surface area contributed by atoms with Crippen LogP contribution in [0.15, 0.2) is 53.5 Å². The van der Waals surface area contributed by atoms with E-state index in [0.29, 0.717) is 5.92 Å². The number of nitrogens with zero attached hydrogens (tertiary/aromatic N) is 3. The van der Waals surface area contributed by atoms with Gasteiger partial charge in [0.25, 0.3) is 5.56 Å². The van der Waals surface area contributed by atoms with Crippen molar-refractivity contribution in [1.82, 2.24) is 19.7 Å². The molecule has 2 aromatic heterocycles. The number of benzene rings is 1. The van der Waals surface area contributed by atoms with Gasteiger partial charge in [0, 0.05) is 29.7 Å². The van der Waals surface area contributed by atoms with Gasteiger partial charge in [-0.05, 0) is 31.0 Å². The molecule has 1 fully saturated rings. The SMILES string of the molecule is O=c1cc(CSCc2ccn(-c3ccccc3)n2)nc(C2CC2)[nH]1. The number of aromatic amines is 1. The van der Waals surface area contributed by atoms with Gasteiger partial charge in [0.05, 0.1) is 17.1 Å². The van der Waals surface area contributed by atoms with Crippen molar-refractivity contribution in [3.63, 3.8) is 0 Å². The van der Waals surface area contributed by atoms with E-state index in [9.17, 15) is 4.79 Å². The highest BCUT2D eigenvalue weighted by atomic mass is 32.2. The number of hydrogen-bond acceptors (Lipinski definition) is 4. The van der Waals surface area contributed by atoms with Crippen LogP contribution in [-0.4, -0.2) is 19.7 Å². The molecule has 1 saturated carbocycles. The van der Waals surface area contributed by atoms with Gasteiger partial charge in [0.2, 0.25) is 0 Å². The van der Waals surface area contributed by atoms with E-state index in [0.717, 1.165) is 47.2 Å². The summed E-state index contributed by atoms with van der Waals surface area (Å²) in [4.78, 5) is 19.1. The van der Waals surface area contributed by atoms with Crippen LogP contribution >= 0.6 is 11.8 Å². The molecule has 4 rings (SSSR count). The number of thioether (sulfide) groups is 1. The maximum Gasteiger partial charge on any atom is 0.251 e. The number of nitrogens with one attached hydrogen (secondary N) is 1. The number of rotatable bonds is 6. The van der Waals surface area contributed by atoms with Crippen LogP contribution in [0.1, 0.15) is 36.0 Å². The summed E-state index contributed by atoms with van der Waals surface area (Å²) in [5.74, 6) is 2.84. The molecule has 0 bridgehead atoms. The summed E-state index contributed by atoms with van der Waals surface area (Å²) in [6.07, 6.45) is 4.24. The van der Waals surface area contributed by atoms with Crippen LogP contribution in [0.3, 0.4) is 0 Å². The summed E-state index contributed by atoms with van der Waals surface area (Å²) in [6.45, 7) is 0. The van der Waals surface area contributed by atoms with Gasteiger partial charge in [0.1, 0.15) is 5.82 Å². The Morgan fingerprint density at radius 3 is 2.71 bits per heavy atom. The smallest absolute Gasteiger partial charge is 0.251 e. The lowest BCUT2D eigenvalue weighted by Crippen LogP contribution is -2.11. The predicted octanol–water partition coefficient (Wildman–Crippen LogP) is 3.27. The first kappa shape index (κ1) is 15.2. The normalized spacial score (nSPS) is 14.0. The second kappa shape index (κ2) is 6.65. The van der Waals surface area contributed by atoms with Gasteiger partial charge in [-0.2, -0.15) is 5.10 Å². The average molecular weight is 338 g/mol. The maximum atomic E-state index is 11.7. The van der Waals surface area contributed by atoms with Gasteiger partial charge in [-0.15, -0.1) is 11.8 Å². The second-order valence-corrected chi connectivity index (χ2v) is 6.96. The topological polar surface area (TPSA) is 63.6 Å². The largest absolute Gasteiger partial charge is 0.310 e. The van der Waals surface area contributed by atoms with Crippen molar-refractivity contribution >= 4 is 11.8 Å². The Morgan fingerprint density at radius 1 is 1.12 bits per heavy atom. The molecule has 0 aliphatic heterocycles. The molecule has 2 heterocycles. The Kier molecular flexibility index (Phi) is 4.21. The Labute approximate surface area is 144 Å². The zero-order valence-electron chi connectivity index (χ0n) is 13.2. The van der Waals surface area contributed by atoms with Gasteiger partial charge < -0.3 is 4.98 Å². The molecule has 1 N–H and O–H groups in total. The fourth-order valence-corrected chi connectivity index (χ4v) is 3.40. The van der Waals surface area contributed by atoms with Crippen LogP contribution in [0.25, 0.3) is 5.69 Å². The van der Waals surface area contributed by atoms with E-state index < -0.39 is 0 Å². The van der Waals surface area contributed by atoms with E-state index in [1.807, 2.05) is 47.3 Å². The lowest BCUT2D eigenvalue weighted by atomic mass is 10.3. The predicted molar refractivity (Wildman–Crippen MR) is 95.4 cm³/mol. The average Bonchev–Trinajstić information content (AvgIpc) is 3.34. The molecule has 0 radical (unpaired) electrons. The molecule has 1 aliphatic rings. The van der Waals surface area contributed by atoms with Crippen molar-refractivity contribution in [1.29, 1.82) is 0 Å². The lowest BCUT2D eigenvalue weighted by Gasteiger charge is -2.03. The molecule has 122 valence electrons. The van der Waals surface area contributed by atoms with Gasteiger partial charge in [0.15, 0.2) is 0 Å². The summed E-state index contributed by atoms with van der Waals surface area (Å²) in [5.41, 5.74) is 2.89.